The number of fused-ring (bicyclic) bond motifs is 1. The summed E-state index contributed by atoms with van der Waals surface area (Å²) >= 11 is 0. The Balaban J connectivity index is 1.68. The first kappa shape index (κ1) is 21.5. The Morgan fingerprint density at radius 2 is 1.85 bits per heavy atom. The molecular weight excluding hydrogens is 443 g/mol. The van der Waals surface area contributed by atoms with Crippen LogP contribution >= 0.6 is 0 Å². The SMILES string of the molecule is CCS(=O)(=O)c1ccc(Oc2ccc(C3CC3)cc2F)c(-c2cc(C)[n+]([O-])c3[nH]ccc23)c1. The molecule has 8 heteroatoms. The summed E-state index contributed by atoms with van der Waals surface area (Å²) in [5.41, 5.74) is 2.81. The van der Waals surface area contributed by atoms with Crippen molar-refractivity contribution in [2.24, 2.45) is 0 Å². The molecule has 0 radical (unpaired) electrons. The quantitative estimate of drug-likeness (QED) is 0.305. The van der Waals surface area contributed by atoms with Gasteiger partial charge in [-0.2, -0.15) is 0 Å². The molecule has 0 amide bonds. The zero-order valence-electron chi connectivity index (χ0n) is 18.3. The molecule has 1 saturated carbocycles. The Kier molecular flexibility index (Phi) is 5.12. The molecule has 0 spiro atoms. The number of aromatic nitrogens is 2. The van der Waals surface area contributed by atoms with Gasteiger partial charge in [-0.3, -0.25) is 0 Å². The lowest BCUT2D eigenvalue weighted by Gasteiger charge is -2.16. The Bertz CT molecular complexity index is 1490. The number of benzene rings is 2. The van der Waals surface area contributed by atoms with Crippen LogP contribution in [-0.2, 0) is 9.84 Å². The zero-order valence-corrected chi connectivity index (χ0v) is 19.1. The zero-order chi connectivity index (χ0) is 23.3. The third-order valence-corrected chi connectivity index (χ3v) is 7.83. The smallest absolute Gasteiger partial charge is 0.290 e. The first-order chi connectivity index (χ1) is 15.8. The van der Waals surface area contributed by atoms with Crippen LogP contribution < -0.4 is 9.47 Å². The van der Waals surface area contributed by atoms with Crippen LogP contribution in [0.5, 0.6) is 11.5 Å². The van der Waals surface area contributed by atoms with Crippen LogP contribution in [0.15, 0.2) is 59.6 Å². The fourth-order valence-corrected chi connectivity index (χ4v) is 4.95. The maximum Gasteiger partial charge on any atom is 0.290 e. The molecule has 0 bridgehead atoms. The van der Waals surface area contributed by atoms with Gasteiger partial charge in [0.15, 0.2) is 21.4 Å². The van der Waals surface area contributed by atoms with E-state index in [4.69, 9.17) is 4.74 Å². The number of aromatic amines is 1. The average Bonchev–Trinajstić information content (AvgIpc) is 3.54. The molecule has 2 aromatic heterocycles. The van der Waals surface area contributed by atoms with E-state index in [2.05, 4.69) is 4.98 Å². The van der Waals surface area contributed by atoms with Crippen molar-refractivity contribution in [3.8, 4) is 22.6 Å². The van der Waals surface area contributed by atoms with Crippen LogP contribution in [-0.4, -0.2) is 19.2 Å². The second kappa shape index (κ2) is 7.88. The number of aryl methyl sites for hydroxylation is 1. The van der Waals surface area contributed by atoms with Crippen molar-refractivity contribution < 1.29 is 22.3 Å². The minimum atomic E-state index is -3.50. The molecule has 2 aromatic carbocycles. The third-order valence-electron chi connectivity index (χ3n) is 6.10. The monoisotopic (exact) mass is 466 g/mol. The van der Waals surface area contributed by atoms with Gasteiger partial charge in [0.05, 0.1) is 22.2 Å². The molecule has 2 heterocycles. The number of halogens is 1. The van der Waals surface area contributed by atoms with Gasteiger partial charge in [0, 0.05) is 11.1 Å². The Labute approximate surface area is 191 Å². The van der Waals surface area contributed by atoms with Gasteiger partial charge in [-0.05, 0) is 73.7 Å². The Hall–Kier alpha value is -3.39. The van der Waals surface area contributed by atoms with E-state index in [0.29, 0.717) is 39.5 Å². The van der Waals surface area contributed by atoms with Crippen LogP contribution in [0.3, 0.4) is 0 Å². The minimum Gasteiger partial charge on any atom is -0.710 e. The number of hydrogen-bond acceptors (Lipinski definition) is 4. The van der Waals surface area contributed by atoms with Gasteiger partial charge < -0.3 is 9.94 Å². The van der Waals surface area contributed by atoms with Crippen LogP contribution in [0.4, 0.5) is 4.39 Å². The Morgan fingerprint density at radius 3 is 2.55 bits per heavy atom. The predicted octanol–water partition coefficient (Wildman–Crippen LogP) is 5.38. The number of sulfone groups is 1. The molecule has 0 atom stereocenters. The topological polar surface area (TPSA) is 86.1 Å². The fraction of sp³-hybridized carbons (Fsp3) is 0.240. The number of H-pyrrole nitrogens is 1. The lowest BCUT2D eigenvalue weighted by molar-refractivity contribution is -0.586. The number of pyridine rings is 1. The standard InChI is InChI=1S/C25H23FN2O4S/c1-3-33(30,31)18-7-9-23(32-24-8-6-17(13-22(24)26)16-4-5-16)21(14-18)20-12-15(2)28(29)25-19(20)10-11-27-25/h6-14,16,27H,3-5H2,1-2H3. The van der Waals surface area contributed by atoms with E-state index >= 15 is 0 Å². The molecule has 5 rings (SSSR count). The van der Waals surface area contributed by atoms with Gasteiger partial charge in [-0.15, -0.1) is 0 Å². The molecule has 170 valence electrons. The summed E-state index contributed by atoms with van der Waals surface area (Å²) in [7, 11) is -3.50. The van der Waals surface area contributed by atoms with Crippen LogP contribution in [0.2, 0.25) is 0 Å². The summed E-state index contributed by atoms with van der Waals surface area (Å²) in [6, 6.07) is 12.9. The lowest BCUT2D eigenvalue weighted by atomic mass is 10.0. The van der Waals surface area contributed by atoms with E-state index in [1.807, 2.05) is 6.07 Å². The summed E-state index contributed by atoms with van der Waals surface area (Å²) in [6.45, 7) is 3.24. The summed E-state index contributed by atoms with van der Waals surface area (Å²) in [4.78, 5) is 3.06. The number of hydrogen-bond donors (Lipinski definition) is 1. The largest absolute Gasteiger partial charge is 0.710 e. The molecule has 1 N–H and O–H groups in total. The van der Waals surface area contributed by atoms with Gasteiger partial charge in [0.2, 0.25) is 0 Å². The molecule has 0 aliphatic heterocycles. The molecule has 1 aliphatic carbocycles. The summed E-state index contributed by atoms with van der Waals surface area (Å²) < 4.78 is 46.8. The van der Waals surface area contributed by atoms with Gasteiger partial charge in [-0.1, -0.05) is 13.0 Å². The van der Waals surface area contributed by atoms with Gasteiger partial charge in [-0.25, -0.2) is 22.5 Å². The molecule has 0 unspecified atom stereocenters. The molecule has 6 nitrogen and oxygen atoms in total. The van der Waals surface area contributed by atoms with Crippen molar-refractivity contribution in [1.82, 2.24) is 4.98 Å². The summed E-state index contributed by atoms with van der Waals surface area (Å²) in [5, 5.41) is 13.1. The maximum absolute atomic E-state index is 14.8. The van der Waals surface area contributed by atoms with E-state index in [1.165, 1.54) is 24.3 Å². The molecule has 4 aromatic rings. The second-order valence-electron chi connectivity index (χ2n) is 8.36. The first-order valence-electron chi connectivity index (χ1n) is 10.8. The third kappa shape index (κ3) is 3.84. The maximum atomic E-state index is 14.8. The van der Waals surface area contributed by atoms with E-state index in [9.17, 15) is 18.0 Å². The number of nitrogens with zero attached hydrogens (tertiary/aromatic N) is 1. The molecule has 1 fully saturated rings. The fourth-order valence-electron chi connectivity index (χ4n) is 4.05. The van der Waals surface area contributed by atoms with Crippen molar-refractivity contribution >= 4 is 20.9 Å². The number of rotatable bonds is 6. The van der Waals surface area contributed by atoms with Crippen LogP contribution in [0.1, 0.15) is 36.9 Å². The highest BCUT2D eigenvalue weighted by molar-refractivity contribution is 7.91. The van der Waals surface area contributed by atoms with Crippen molar-refractivity contribution in [2.75, 3.05) is 5.75 Å². The Morgan fingerprint density at radius 1 is 1.09 bits per heavy atom. The summed E-state index contributed by atoms with van der Waals surface area (Å²) in [6.07, 6.45) is 3.78. The van der Waals surface area contributed by atoms with E-state index in [0.717, 1.165) is 23.1 Å². The van der Waals surface area contributed by atoms with Crippen molar-refractivity contribution in [3.05, 3.63) is 77.0 Å². The van der Waals surface area contributed by atoms with E-state index in [-0.39, 0.29) is 16.4 Å². The molecular formula is C25H23FN2O4S. The molecule has 1 aliphatic rings. The minimum absolute atomic E-state index is 0.0577. The van der Waals surface area contributed by atoms with Gasteiger partial charge in [0.1, 0.15) is 11.4 Å². The van der Waals surface area contributed by atoms with Crippen molar-refractivity contribution in [3.63, 3.8) is 0 Å². The highest BCUT2D eigenvalue weighted by atomic mass is 32.2. The van der Waals surface area contributed by atoms with Crippen LogP contribution in [0.25, 0.3) is 22.2 Å². The molecule has 0 saturated heterocycles. The number of nitrogens with one attached hydrogen (secondary N) is 1. The number of ether oxygens (including phenoxy) is 1. The lowest BCUT2D eigenvalue weighted by Crippen LogP contribution is -2.31. The first-order valence-corrected chi connectivity index (χ1v) is 12.5. The van der Waals surface area contributed by atoms with E-state index in [1.54, 1.807) is 38.2 Å². The normalized spacial score (nSPS) is 14.0. The highest BCUT2D eigenvalue weighted by Gasteiger charge is 2.25. The average molecular weight is 467 g/mol. The van der Waals surface area contributed by atoms with Gasteiger partial charge >= 0.3 is 0 Å². The predicted molar refractivity (Wildman–Crippen MR) is 124 cm³/mol. The van der Waals surface area contributed by atoms with Crippen molar-refractivity contribution in [1.29, 1.82) is 0 Å². The van der Waals surface area contributed by atoms with Gasteiger partial charge in [0.25, 0.3) is 5.65 Å². The summed E-state index contributed by atoms with van der Waals surface area (Å²) in [5.74, 6) is 0.245. The highest BCUT2D eigenvalue weighted by Crippen LogP contribution is 2.43. The van der Waals surface area contributed by atoms with E-state index < -0.39 is 15.7 Å². The van der Waals surface area contributed by atoms with Crippen molar-refractivity contribution in [2.45, 2.75) is 37.5 Å². The van der Waals surface area contributed by atoms with Crippen LogP contribution in [0, 0.1) is 17.9 Å². The second-order valence-corrected chi connectivity index (χ2v) is 10.6. The molecule has 33 heavy (non-hydrogen) atoms.